The van der Waals surface area contributed by atoms with Gasteiger partial charge in [-0.15, -0.1) is 0 Å². The van der Waals surface area contributed by atoms with Crippen molar-refractivity contribution in [3.8, 4) is 5.75 Å². The third kappa shape index (κ3) is 8.17. The number of piperidine rings is 2. The summed E-state index contributed by atoms with van der Waals surface area (Å²) in [6, 6.07) is 11.9. The molecule has 18 heteroatoms. The molecule has 330 valence electrons. The highest BCUT2D eigenvalue weighted by molar-refractivity contribution is 7.71. The number of methoxy groups -OCH3 is 1. The summed E-state index contributed by atoms with van der Waals surface area (Å²) in [5.41, 5.74) is 4.44. The second-order valence-electron chi connectivity index (χ2n) is 17.7. The fraction of sp³-hybridized carbons (Fsp3) is 0.400. The summed E-state index contributed by atoms with van der Waals surface area (Å²) in [5, 5.41) is 9.81. The number of nitrogens with zero attached hydrogens (tertiary/aromatic N) is 6. The van der Waals surface area contributed by atoms with Gasteiger partial charge in [0.05, 0.1) is 41.8 Å². The molecule has 3 N–H and O–H groups in total. The van der Waals surface area contributed by atoms with Gasteiger partial charge >= 0.3 is 0 Å². The van der Waals surface area contributed by atoms with E-state index in [1.165, 1.54) is 24.4 Å². The van der Waals surface area contributed by atoms with Crippen molar-refractivity contribution >= 4 is 81.3 Å². The van der Waals surface area contributed by atoms with Crippen LogP contribution in [0.15, 0.2) is 48.7 Å². The second kappa shape index (κ2) is 16.3. The average Bonchev–Trinajstić information content (AvgIpc) is 3.19. The summed E-state index contributed by atoms with van der Waals surface area (Å²) < 4.78 is 64.6. The van der Waals surface area contributed by atoms with Crippen LogP contribution in [0.5, 0.6) is 5.75 Å². The maximum absolute atomic E-state index is 15.2. The fourth-order valence-electron chi connectivity index (χ4n) is 9.78. The Morgan fingerprint density at radius 2 is 1.60 bits per heavy atom. The number of imide groups is 1. The van der Waals surface area contributed by atoms with E-state index in [2.05, 4.69) is 47.6 Å². The highest BCUT2D eigenvalue weighted by Gasteiger charge is 2.53. The molecule has 1 atom stereocenters. The van der Waals surface area contributed by atoms with Gasteiger partial charge in [0.15, 0.2) is 5.82 Å². The molecular formula is C45H48ClF3N9O4P. The van der Waals surface area contributed by atoms with Crippen LogP contribution in [0.2, 0.25) is 5.02 Å². The van der Waals surface area contributed by atoms with Gasteiger partial charge in [-0.25, -0.2) is 18.2 Å². The van der Waals surface area contributed by atoms with Crippen LogP contribution in [-0.4, -0.2) is 97.4 Å². The molecule has 1 spiro atoms. The van der Waals surface area contributed by atoms with E-state index in [0.29, 0.717) is 58.2 Å². The van der Waals surface area contributed by atoms with Crippen LogP contribution in [-0.2, 0) is 14.2 Å². The highest BCUT2D eigenvalue weighted by atomic mass is 35.5. The number of hydrogen-bond donors (Lipinski definition) is 3. The molecule has 0 unspecified atom stereocenters. The van der Waals surface area contributed by atoms with Gasteiger partial charge in [-0.2, -0.15) is 4.98 Å². The van der Waals surface area contributed by atoms with Crippen molar-refractivity contribution in [3.63, 3.8) is 0 Å². The van der Waals surface area contributed by atoms with E-state index in [4.69, 9.17) is 16.3 Å². The van der Waals surface area contributed by atoms with Gasteiger partial charge in [0.2, 0.25) is 17.8 Å². The normalized spacial score (nSPS) is 19.2. The van der Waals surface area contributed by atoms with Crippen molar-refractivity contribution < 1.29 is 32.1 Å². The Kier molecular flexibility index (Phi) is 11.1. The first kappa shape index (κ1) is 42.8. The predicted octanol–water partition coefficient (Wildman–Crippen LogP) is 7.77. The standard InChI is InChI=1S/C45H48ClF3N9O4P/c1-24-14-36(53-44-50-19-30(46)42(55-44)52-35-8-7-34-29(41(35)63(4,5)61)17-31(47)25(2)51-34)38(62-3)18-37(24)58-22-45(23-58)20-57(21-45)26-10-12-56(13-11-26)27-15-32(48)40(33(49)16-27)28-6-9-39(59)54-43(28)60/h7-8,14-19,26,28H,6,9-13,20-23H2,1-5H3,(H,54,59,60)(H2,50,52,53,55)/t28-/m1/s1. The minimum Gasteiger partial charge on any atom is -0.494 e. The van der Waals surface area contributed by atoms with Gasteiger partial charge < -0.3 is 29.7 Å². The number of carbonyl (C=O) groups is 2. The molecule has 0 radical (unpaired) electrons. The maximum Gasteiger partial charge on any atom is 0.234 e. The number of nitrogens with one attached hydrogen (secondary N) is 3. The molecule has 0 bridgehead atoms. The lowest BCUT2D eigenvalue weighted by Gasteiger charge is -2.63. The van der Waals surface area contributed by atoms with Crippen LogP contribution < -0.4 is 35.8 Å². The summed E-state index contributed by atoms with van der Waals surface area (Å²) >= 11 is 6.57. The number of anilines is 6. The van der Waals surface area contributed by atoms with E-state index in [0.717, 1.165) is 50.3 Å². The van der Waals surface area contributed by atoms with Gasteiger partial charge in [0, 0.05) is 90.8 Å². The van der Waals surface area contributed by atoms with Gasteiger partial charge in [-0.1, -0.05) is 11.6 Å². The van der Waals surface area contributed by atoms with Crippen LogP contribution in [0.25, 0.3) is 10.9 Å². The lowest BCUT2D eigenvalue weighted by molar-refractivity contribution is -0.134. The molecule has 4 fully saturated rings. The number of pyridine rings is 1. The number of aryl methyl sites for hydroxylation is 2. The SMILES string of the molecule is COc1cc(N2CC3(C2)CN(C2CCN(c4cc(F)c([C@H]5CCC(=O)NC5=O)c(F)c4)CC2)C3)c(C)cc1Nc1ncc(Cl)c(Nc2ccc3nc(C)c(F)cc3c2P(C)(C)=O)n1. The van der Waals surface area contributed by atoms with Crippen molar-refractivity contribution in [1.82, 2.24) is 25.2 Å². The van der Waals surface area contributed by atoms with E-state index >= 15 is 8.78 Å². The molecule has 9 rings (SSSR count). The molecule has 3 aromatic carbocycles. The molecule has 13 nitrogen and oxygen atoms in total. The van der Waals surface area contributed by atoms with E-state index in [9.17, 15) is 18.5 Å². The van der Waals surface area contributed by atoms with Crippen molar-refractivity contribution in [2.75, 3.05) is 80.1 Å². The topological polar surface area (TPSA) is 145 Å². The number of rotatable bonds is 10. The van der Waals surface area contributed by atoms with Crippen LogP contribution in [0.1, 0.15) is 48.4 Å². The van der Waals surface area contributed by atoms with Crippen LogP contribution in [0, 0.1) is 36.7 Å². The lowest BCUT2D eigenvalue weighted by atomic mass is 9.71. The minimum absolute atomic E-state index is 0.0511. The summed E-state index contributed by atoms with van der Waals surface area (Å²) in [6.45, 7) is 12.0. The third-order valence-electron chi connectivity index (χ3n) is 12.9. The first-order valence-corrected chi connectivity index (χ1v) is 23.9. The number of ether oxygens (including phenoxy) is 1. The van der Waals surface area contributed by atoms with Gasteiger partial charge in [-0.3, -0.25) is 24.8 Å². The van der Waals surface area contributed by atoms with Crippen LogP contribution in [0.4, 0.5) is 47.7 Å². The van der Waals surface area contributed by atoms with Crippen molar-refractivity contribution in [1.29, 1.82) is 0 Å². The zero-order valence-electron chi connectivity index (χ0n) is 35.6. The van der Waals surface area contributed by atoms with Gasteiger partial charge in [-0.05, 0) is 88.4 Å². The molecule has 4 aliphatic heterocycles. The van der Waals surface area contributed by atoms with Crippen molar-refractivity contribution in [3.05, 3.63) is 88.0 Å². The zero-order valence-corrected chi connectivity index (χ0v) is 37.3. The first-order valence-electron chi connectivity index (χ1n) is 21.0. The van der Waals surface area contributed by atoms with Gasteiger partial charge in [0.1, 0.15) is 35.4 Å². The Hall–Kier alpha value is -5.44. The largest absolute Gasteiger partial charge is 0.494 e. The number of benzene rings is 3. The summed E-state index contributed by atoms with van der Waals surface area (Å²) in [4.78, 5) is 44.2. The van der Waals surface area contributed by atoms with E-state index in [-0.39, 0.29) is 46.3 Å². The van der Waals surface area contributed by atoms with E-state index in [1.807, 2.05) is 17.0 Å². The van der Waals surface area contributed by atoms with Crippen molar-refractivity contribution in [2.24, 2.45) is 5.41 Å². The third-order valence-corrected chi connectivity index (χ3v) is 14.7. The molecular weight excluding hydrogens is 854 g/mol. The summed E-state index contributed by atoms with van der Waals surface area (Å²) in [6.07, 6.45) is 3.35. The molecule has 4 aliphatic rings. The van der Waals surface area contributed by atoms with E-state index < -0.39 is 42.3 Å². The first-order chi connectivity index (χ1) is 30.0. The quantitative estimate of drug-likeness (QED) is 0.0931. The smallest absolute Gasteiger partial charge is 0.234 e. The summed E-state index contributed by atoms with van der Waals surface area (Å²) in [7, 11) is -1.34. The fourth-order valence-corrected chi connectivity index (χ4v) is 11.4. The molecule has 0 aliphatic carbocycles. The Bertz CT molecular complexity index is 2710. The maximum atomic E-state index is 15.2. The average molecular weight is 902 g/mol. The molecule has 4 saturated heterocycles. The van der Waals surface area contributed by atoms with Crippen LogP contribution in [0.3, 0.4) is 0 Å². The number of carbonyl (C=O) groups excluding carboxylic acids is 2. The Balaban J connectivity index is 0.817. The number of fused-ring (bicyclic) bond motifs is 1. The number of aromatic nitrogens is 3. The number of halogens is 4. The molecule has 0 saturated carbocycles. The molecule has 5 aromatic rings. The lowest BCUT2D eigenvalue weighted by Crippen LogP contribution is -2.74. The molecule has 2 amide bonds. The van der Waals surface area contributed by atoms with Gasteiger partial charge in [0.25, 0.3) is 0 Å². The predicted molar refractivity (Wildman–Crippen MR) is 240 cm³/mol. The number of hydrogen-bond acceptors (Lipinski definition) is 12. The Labute approximate surface area is 368 Å². The molecule has 2 aromatic heterocycles. The molecule has 63 heavy (non-hydrogen) atoms. The number of amides is 2. The zero-order chi connectivity index (χ0) is 44.5. The monoisotopic (exact) mass is 901 g/mol. The minimum atomic E-state index is -2.95. The molecule has 6 heterocycles. The van der Waals surface area contributed by atoms with Crippen molar-refractivity contribution in [2.45, 2.75) is 51.5 Å². The number of likely N-dealkylation sites (tertiary alicyclic amines) is 1. The highest BCUT2D eigenvalue weighted by Crippen LogP contribution is 2.47. The second-order valence-corrected chi connectivity index (χ2v) is 21.3. The Morgan fingerprint density at radius 1 is 0.889 bits per heavy atom. The Morgan fingerprint density at radius 3 is 2.27 bits per heavy atom. The van der Waals surface area contributed by atoms with E-state index in [1.54, 1.807) is 39.5 Å². The summed E-state index contributed by atoms with van der Waals surface area (Å²) in [5.74, 6) is -2.98. The van der Waals surface area contributed by atoms with Crippen LogP contribution >= 0.6 is 18.7 Å².